The quantitative estimate of drug-likeness (QED) is 0.593. The fraction of sp³-hybridized carbons (Fsp3) is 0.208. The first-order chi connectivity index (χ1) is 14.1. The lowest BCUT2D eigenvalue weighted by atomic mass is 9.98. The van der Waals surface area contributed by atoms with Crippen LogP contribution >= 0.6 is 11.6 Å². The third-order valence-electron chi connectivity index (χ3n) is 4.94. The molecular weight excluding hydrogens is 384 g/mol. The van der Waals surface area contributed by atoms with Crippen molar-refractivity contribution in [2.24, 2.45) is 0 Å². The van der Waals surface area contributed by atoms with E-state index in [2.05, 4.69) is 5.32 Å². The van der Waals surface area contributed by atoms with E-state index in [1.54, 1.807) is 7.11 Å². The maximum absolute atomic E-state index is 12.7. The lowest BCUT2D eigenvalue weighted by molar-refractivity contribution is -0.682. The van der Waals surface area contributed by atoms with E-state index >= 15 is 0 Å². The van der Waals surface area contributed by atoms with Gasteiger partial charge >= 0.3 is 0 Å². The summed E-state index contributed by atoms with van der Waals surface area (Å²) in [5.41, 5.74) is 3.06. The predicted octanol–water partition coefficient (Wildman–Crippen LogP) is 3.88. The summed E-state index contributed by atoms with van der Waals surface area (Å²) in [6.07, 6.45) is 0. The van der Waals surface area contributed by atoms with Gasteiger partial charge in [-0.1, -0.05) is 72.3 Å². The highest BCUT2D eigenvalue weighted by atomic mass is 35.5. The van der Waals surface area contributed by atoms with Gasteiger partial charge in [-0.25, -0.2) is 0 Å². The van der Waals surface area contributed by atoms with E-state index in [-0.39, 0.29) is 18.0 Å². The van der Waals surface area contributed by atoms with E-state index in [0.717, 1.165) is 27.5 Å². The molecule has 3 aromatic carbocycles. The number of carbonyl (C=O) groups is 1. The average Bonchev–Trinajstić information content (AvgIpc) is 2.77. The molecule has 0 aliphatic carbocycles. The second kappa shape index (κ2) is 10.1. The van der Waals surface area contributed by atoms with Crippen LogP contribution in [0.15, 0.2) is 78.9 Å². The van der Waals surface area contributed by atoms with Crippen LogP contribution in [0.1, 0.15) is 35.7 Å². The Hall–Kier alpha value is -2.82. The van der Waals surface area contributed by atoms with Crippen LogP contribution in [-0.2, 0) is 4.79 Å². The molecule has 1 amide bonds. The Labute approximate surface area is 176 Å². The van der Waals surface area contributed by atoms with E-state index in [1.807, 2.05) is 91.1 Å². The van der Waals surface area contributed by atoms with Crippen molar-refractivity contribution >= 4 is 17.5 Å². The van der Waals surface area contributed by atoms with Crippen molar-refractivity contribution in [3.05, 3.63) is 101 Å². The molecule has 3 N–H and O–H groups in total. The number of carbonyl (C=O) groups excluding carboxylic acids is 1. The molecule has 0 fully saturated rings. The number of nitrogens with two attached hydrogens (primary N) is 1. The fourth-order valence-corrected chi connectivity index (χ4v) is 3.58. The Morgan fingerprint density at radius 2 is 1.59 bits per heavy atom. The third kappa shape index (κ3) is 5.59. The number of nitrogens with one attached hydrogen (secondary N) is 1. The minimum absolute atomic E-state index is 0.0337. The average molecular weight is 410 g/mol. The zero-order chi connectivity index (χ0) is 20.6. The molecule has 29 heavy (non-hydrogen) atoms. The highest BCUT2D eigenvalue weighted by molar-refractivity contribution is 6.31. The number of methoxy groups -OCH3 is 1. The standard InChI is InChI=1S/C24H25ClN2O2/c1-17(21-10-6-7-11-22(21)25)26-16-23(28)27-24(18-8-4-3-5-9-18)19-12-14-20(29-2)15-13-19/h3-15,17,24,26H,16H2,1-2H3,(H,27,28)/p+1/t17-,24+/m1/s1. The number of quaternary nitrogens is 1. The number of rotatable bonds is 8. The molecular formula is C24H26ClN2O2+. The van der Waals surface area contributed by atoms with E-state index < -0.39 is 0 Å². The number of hydrogen-bond donors (Lipinski definition) is 2. The van der Waals surface area contributed by atoms with Crippen LogP contribution in [0.4, 0.5) is 0 Å². The summed E-state index contributed by atoms with van der Waals surface area (Å²) >= 11 is 6.27. The highest BCUT2D eigenvalue weighted by Gasteiger charge is 2.19. The first-order valence-corrected chi connectivity index (χ1v) is 10.0. The Kier molecular flexibility index (Phi) is 7.28. The van der Waals surface area contributed by atoms with Crippen molar-refractivity contribution in [2.45, 2.75) is 19.0 Å². The van der Waals surface area contributed by atoms with Gasteiger partial charge in [-0.3, -0.25) is 4.79 Å². The normalized spacial score (nSPS) is 12.8. The monoisotopic (exact) mass is 409 g/mol. The van der Waals surface area contributed by atoms with Crippen LogP contribution in [0.2, 0.25) is 5.02 Å². The smallest absolute Gasteiger partial charge is 0.275 e. The van der Waals surface area contributed by atoms with Gasteiger partial charge in [0.15, 0.2) is 6.54 Å². The van der Waals surface area contributed by atoms with Gasteiger partial charge in [0.25, 0.3) is 5.91 Å². The Bertz CT molecular complexity index is 929. The summed E-state index contributed by atoms with van der Waals surface area (Å²) in [7, 11) is 1.64. The maximum atomic E-state index is 12.7. The summed E-state index contributed by atoms with van der Waals surface area (Å²) in [4.78, 5) is 12.7. The SMILES string of the molecule is COc1ccc([C@@H](NC(=O)C[NH2+][C@H](C)c2ccccc2Cl)c2ccccc2)cc1. The van der Waals surface area contributed by atoms with Gasteiger partial charge in [-0.05, 0) is 36.2 Å². The molecule has 0 aromatic heterocycles. The Balaban J connectivity index is 1.70. The van der Waals surface area contributed by atoms with Gasteiger partial charge in [-0.2, -0.15) is 0 Å². The van der Waals surface area contributed by atoms with E-state index in [9.17, 15) is 4.79 Å². The molecule has 5 heteroatoms. The predicted molar refractivity (Wildman–Crippen MR) is 116 cm³/mol. The van der Waals surface area contributed by atoms with Gasteiger partial charge in [0.1, 0.15) is 11.8 Å². The minimum atomic E-state index is -0.223. The van der Waals surface area contributed by atoms with Crippen LogP contribution in [-0.4, -0.2) is 19.6 Å². The van der Waals surface area contributed by atoms with E-state index in [1.165, 1.54) is 0 Å². The van der Waals surface area contributed by atoms with Gasteiger partial charge in [0.05, 0.1) is 13.2 Å². The van der Waals surface area contributed by atoms with Crippen LogP contribution in [0.3, 0.4) is 0 Å². The van der Waals surface area contributed by atoms with E-state index in [0.29, 0.717) is 6.54 Å². The molecule has 0 saturated heterocycles. The molecule has 150 valence electrons. The first-order valence-electron chi connectivity index (χ1n) is 9.64. The van der Waals surface area contributed by atoms with Crippen molar-refractivity contribution < 1.29 is 14.8 Å². The topological polar surface area (TPSA) is 54.9 Å². The largest absolute Gasteiger partial charge is 0.497 e. The second-order valence-corrected chi connectivity index (χ2v) is 7.34. The van der Waals surface area contributed by atoms with Crippen LogP contribution in [0.25, 0.3) is 0 Å². The minimum Gasteiger partial charge on any atom is -0.497 e. The van der Waals surface area contributed by atoms with Crippen molar-refractivity contribution in [3.63, 3.8) is 0 Å². The maximum Gasteiger partial charge on any atom is 0.275 e. The molecule has 3 rings (SSSR count). The summed E-state index contributed by atoms with van der Waals surface area (Å²) in [5, 5.41) is 5.88. The molecule has 2 atom stereocenters. The van der Waals surface area contributed by atoms with Crippen LogP contribution in [0.5, 0.6) is 5.75 Å². The van der Waals surface area contributed by atoms with Crippen LogP contribution < -0.4 is 15.4 Å². The first kappa shape index (κ1) is 20.9. The molecule has 0 heterocycles. The number of benzene rings is 3. The van der Waals surface area contributed by atoms with Gasteiger partial charge in [0, 0.05) is 10.6 Å². The van der Waals surface area contributed by atoms with Crippen molar-refractivity contribution in [2.75, 3.05) is 13.7 Å². The summed E-state index contributed by atoms with van der Waals surface area (Å²) in [5.74, 6) is 0.752. The number of ether oxygens (including phenoxy) is 1. The molecule has 4 nitrogen and oxygen atoms in total. The highest BCUT2D eigenvalue weighted by Crippen LogP contribution is 2.24. The molecule has 0 spiro atoms. The molecule has 3 aromatic rings. The molecule has 0 saturated carbocycles. The molecule has 0 radical (unpaired) electrons. The molecule has 0 aliphatic heterocycles. The Morgan fingerprint density at radius 1 is 0.966 bits per heavy atom. The van der Waals surface area contributed by atoms with Crippen molar-refractivity contribution in [3.8, 4) is 5.75 Å². The zero-order valence-electron chi connectivity index (χ0n) is 16.6. The summed E-state index contributed by atoms with van der Waals surface area (Å²) < 4.78 is 5.25. The number of hydrogen-bond acceptors (Lipinski definition) is 2. The summed E-state index contributed by atoms with van der Waals surface area (Å²) in [6.45, 7) is 2.36. The molecule has 0 bridgehead atoms. The number of amides is 1. The lowest BCUT2D eigenvalue weighted by Crippen LogP contribution is -2.87. The van der Waals surface area contributed by atoms with Gasteiger partial charge in [-0.15, -0.1) is 0 Å². The summed E-state index contributed by atoms with van der Waals surface area (Å²) in [6, 6.07) is 25.3. The van der Waals surface area contributed by atoms with Crippen molar-refractivity contribution in [1.29, 1.82) is 0 Å². The number of halogens is 1. The van der Waals surface area contributed by atoms with Gasteiger partial charge < -0.3 is 15.4 Å². The lowest BCUT2D eigenvalue weighted by Gasteiger charge is -2.20. The van der Waals surface area contributed by atoms with E-state index in [4.69, 9.17) is 16.3 Å². The van der Waals surface area contributed by atoms with Crippen molar-refractivity contribution in [1.82, 2.24) is 5.32 Å². The second-order valence-electron chi connectivity index (χ2n) is 6.93. The third-order valence-corrected chi connectivity index (χ3v) is 5.28. The Morgan fingerprint density at radius 3 is 2.24 bits per heavy atom. The van der Waals surface area contributed by atoms with Gasteiger partial charge in [0.2, 0.25) is 0 Å². The zero-order valence-corrected chi connectivity index (χ0v) is 17.4. The molecule has 0 aliphatic rings. The fourth-order valence-electron chi connectivity index (χ4n) is 3.28. The van der Waals surface area contributed by atoms with Crippen LogP contribution in [0, 0.1) is 0 Å². The molecule has 0 unspecified atom stereocenters.